The SMILES string of the molecule is COc1cc(C)cc(OC)c1OCC1CCCNC1. The second-order valence-corrected chi connectivity index (χ2v) is 5.02. The molecule has 1 aromatic rings. The molecule has 1 fully saturated rings. The molecule has 0 aliphatic carbocycles. The molecule has 4 nitrogen and oxygen atoms in total. The number of aryl methyl sites for hydroxylation is 1. The fraction of sp³-hybridized carbons (Fsp3) is 0.600. The molecule has 1 atom stereocenters. The van der Waals surface area contributed by atoms with Crippen molar-refractivity contribution in [1.82, 2.24) is 5.32 Å². The van der Waals surface area contributed by atoms with Crippen LogP contribution in [0.15, 0.2) is 12.1 Å². The third-order valence-corrected chi connectivity index (χ3v) is 3.47. The lowest BCUT2D eigenvalue weighted by Crippen LogP contribution is -2.33. The van der Waals surface area contributed by atoms with Crippen molar-refractivity contribution in [2.45, 2.75) is 19.8 Å². The van der Waals surface area contributed by atoms with Crippen molar-refractivity contribution in [2.75, 3.05) is 33.9 Å². The Morgan fingerprint density at radius 2 is 1.89 bits per heavy atom. The van der Waals surface area contributed by atoms with Crippen LogP contribution in [0.2, 0.25) is 0 Å². The molecule has 1 N–H and O–H groups in total. The van der Waals surface area contributed by atoms with Crippen molar-refractivity contribution in [2.24, 2.45) is 5.92 Å². The number of benzene rings is 1. The van der Waals surface area contributed by atoms with Crippen molar-refractivity contribution < 1.29 is 14.2 Å². The molecule has 106 valence electrons. The fourth-order valence-corrected chi connectivity index (χ4v) is 2.42. The van der Waals surface area contributed by atoms with Gasteiger partial charge >= 0.3 is 0 Å². The minimum absolute atomic E-state index is 0.560. The lowest BCUT2D eigenvalue weighted by Gasteiger charge is -2.24. The molecule has 1 aliphatic heterocycles. The van der Waals surface area contributed by atoms with Crippen LogP contribution in [0.5, 0.6) is 17.2 Å². The van der Waals surface area contributed by atoms with Crippen LogP contribution in [0, 0.1) is 12.8 Å². The summed E-state index contributed by atoms with van der Waals surface area (Å²) in [5.74, 6) is 2.74. The predicted molar refractivity (Wildman–Crippen MR) is 75.4 cm³/mol. The molecule has 1 aromatic carbocycles. The van der Waals surface area contributed by atoms with Crippen molar-refractivity contribution in [3.05, 3.63) is 17.7 Å². The van der Waals surface area contributed by atoms with Crippen molar-refractivity contribution in [3.63, 3.8) is 0 Å². The van der Waals surface area contributed by atoms with Crippen LogP contribution in [0.1, 0.15) is 18.4 Å². The highest BCUT2D eigenvalue weighted by Gasteiger charge is 2.17. The summed E-state index contributed by atoms with van der Waals surface area (Å²) in [7, 11) is 3.31. The number of hydrogen-bond acceptors (Lipinski definition) is 4. The average molecular weight is 265 g/mol. The first-order chi connectivity index (χ1) is 9.24. The minimum atomic E-state index is 0.560. The van der Waals surface area contributed by atoms with Crippen molar-refractivity contribution in [1.29, 1.82) is 0 Å². The van der Waals surface area contributed by atoms with Crippen LogP contribution in [-0.4, -0.2) is 33.9 Å². The van der Waals surface area contributed by atoms with Crippen LogP contribution in [0.25, 0.3) is 0 Å². The molecule has 0 radical (unpaired) electrons. The Hall–Kier alpha value is -1.42. The molecule has 19 heavy (non-hydrogen) atoms. The Morgan fingerprint density at radius 3 is 2.42 bits per heavy atom. The van der Waals surface area contributed by atoms with E-state index in [1.54, 1.807) is 14.2 Å². The van der Waals surface area contributed by atoms with Crippen molar-refractivity contribution in [3.8, 4) is 17.2 Å². The summed E-state index contributed by atoms with van der Waals surface area (Å²) in [6.45, 7) is 4.85. The normalized spacial score (nSPS) is 19.0. The Bertz CT molecular complexity index is 389. The number of methoxy groups -OCH3 is 2. The molecular formula is C15H23NO3. The van der Waals surface area contributed by atoms with Crippen LogP contribution in [0.4, 0.5) is 0 Å². The third-order valence-electron chi connectivity index (χ3n) is 3.47. The number of nitrogens with one attached hydrogen (secondary N) is 1. The first-order valence-electron chi connectivity index (χ1n) is 6.80. The molecule has 1 aliphatic rings. The zero-order valence-electron chi connectivity index (χ0n) is 12.0. The van der Waals surface area contributed by atoms with E-state index >= 15 is 0 Å². The molecule has 0 spiro atoms. The van der Waals surface area contributed by atoms with Gasteiger partial charge in [-0.15, -0.1) is 0 Å². The molecule has 1 unspecified atom stereocenters. The highest BCUT2D eigenvalue weighted by Crippen LogP contribution is 2.38. The van der Waals surface area contributed by atoms with E-state index in [2.05, 4.69) is 5.32 Å². The first kappa shape index (κ1) is 14.0. The highest BCUT2D eigenvalue weighted by molar-refractivity contribution is 5.53. The monoisotopic (exact) mass is 265 g/mol. The van der Waals surface area contributed by atoms with Crippen LogP contribution in [-0.2, 0) is 0 Å². The summed E-state index contributed by atoms with van der Waals surface area (Å²) < 4.78 is 16.7. The molecule has 2 rings (SSSR count). The van der Waals surface area contributed by atoms with Gasteiger partial charge in [-0.05, 0) is 44.0 Å². The van der Waals surface area contributed by atoms with Crippen LogP contribution >= 0.6 is 0 Å². The van der Waals surface area contributed by atoms with Gasteiger partial charge in [0.25, 0.3) is 0 Å². The van der Waals surface area contributed by atoms with E-state index in [-0.39, 0.29) is 0 Å². The summed E-state index contributed by atoms with van der Waals surface area (Å²) in [6.07, 6.45) is 2.43. The van der Waals surface area contributed by atoms with Gasteiger partial charge in [0.1, 0.15) is 0 Å². The average Bonchev–Trinajstić information content (AvgIpc) is 2.46. The van der Waals surface area contributed by atoms with E-state index in [4.69, 9.17) is 14.2 Å². The molecule has 0 amide bonds. The van der Waals surface area contributed by atoms with Gasteiger partial charge in [-0.3, -0.25) is 0 Å². The van der Waals surface area contributed by atoms with Gasteiger partial charge in [0.15, 0.2) is 11.5 Å². The van der Waals surface area contributed by atoms with Crippen LogP contribution < -0.4 is 19.5 Å². The quantitative estimate of drug-likeness (QED) is 0.887. The third kappa shape index (κ3) is 3.53. The number of piperidine rings is 1. The zero-order valence-corrected chi connectivity index (χ0v) is 12.0. The summed E-state index contributed by atoms with van der Waals surface area (Å²) in [6, 6.07) is 3.94. The molecule has 1 heterocycles. The molecule has 0 saturated carbocycles. The second kappa shape index (κ2) is 6.66. The smallest absolute Gasteiger partial charge is 0.203 e. The molecule has 0 bridgehead atoms. The van der Waals surface area contributed by atoms with E-state index in [1.807, 2.05) is 19.1 Å². The van der Waals surface area contributed by atoms with Gasteiger partial charge in [0, 0.05) is 12.5 Å². The lowest BCUT2D eigenvalue weighted by molar-refractivity contribution is 0.203. The molecule has 4 heteroatoms. The number of rotatable bonds is 5. The summed E-state index contributed by atoms with van der Waals surface area (Å²) in [4.78, 5) is 0. The van der Waals surface area contributed by atoms with Gasteiger partial charge in [-0.1, -0.05) is 0 Å². The topological polar surface area (TPSA) is 39.7 Å². The van der Waals surface area contributed by atoms with Gasteiger partial charge in [0.05, 0.1) is 20.8 Å². The Kier molecular flexibility index (Phi) is 4.91. The Labute approximate surface area is 115 Å². The van der Waals surface area contributed by atoms with E-state index in [0.29, 0.717) is 18.3 Å². The maximum Gasteiger partial charge on any atom is 0.203 e. The second-order valence-electron chi connectivity index (χ2n) is 5.02. The molecular weight excluding hydrogens is 242 g/mol. The zero-order chi connectivity index (χ0) is 13.7. The lowest BCUT2D eigenvalue weighted by atomic mass is 10.0. The van der Waals surface area contributed by atoms with Gasteiger partial charge in [-0.25, -0.2) is 0 Å². The van der Waals surface area contributed by atoms with Gasteiger partial charge in [0.2, 0.25) is 5.75 Å². The molecule has 0 aromatic heterocycles. The predicted octanol–water partition coefficient (Wildman–Crippen LogP) is 2.39. The highest BCUT2D eigenvalue weighted by atomic mass is 16.5. The maximum absolute atomic E-state index is 5.95. The molecule has 1 saturated heterocycles. The van der Waals surface area contributed by atoms with E-state index in [1.165, 1.54) is 12.8 Å². The summed E-state index contributed by atoms with van der Waals surface area (Å²) in [5.41, 5.74) is 1.10. The Morgan fingerprint density at radius 1 is 1.21 bits per heavy atom. The summed E-state index contributed by atoms with van der Waals surface area (Å²) >= 11 is 0. The van der Waals surface area contributed by atoms with Crippen LogP contribution in [0.3, 0.4) is 0 Å². The van der Waals surface area contributed by atoms with E-state index in [0.717, 1.165) is 30.2 Å². The first-order valence-corrected chi connectivity index (χ1v) is 6.80. The summed E-state index contributed by atoms with van der Waals surface area (Å²) in [5, 5.41) is 3.39. The van der Waals surface area contributed by atoms with Crippen molar-refractivity contribution >= 4 is 0 Å². The van der Waals surface area contributed by atoms with E-state index in [9.17, 15) is 0 Å². The standard InChI is InChI=1S/C15H23NO3/c1-11-7-13(17-2)15(14(8-11)18-3)19-10-12-5-4-6-16-9-12/h7-8,12,16H,4-6,9-10H2,1-3H3. The number of hydrogen-bond donors (Lipinski definition) is 1. The van der Waals surface area contributed by atoms with Gasteiger partial charge in [-0.2, -0.15) is 0 Å². The Balaban J connectivity index is 2.09. The van der Waals surface area contributed by atoms with Gasteiger partial charge < -0.3 is 19.5 Å². The maximum atomic E-state index is 5.95. The number of ether oxygens (including phenoxy) is 3. The van der Waals surface area contributed by atoms with E-state index < -0.39 is 0 Å². The minimum Gasteiger partial charge on any atom is -0.493 e. The largest absolute Gasteiger partial charge is 0.493 e. The fourth-order valence-electron chi connectivity index (χ4n) is 2.42.